The van der Waals surface area contributed by atoms with E-state index in [1.807, 2.05) is 30.0 Å². The van der Waals surface area contributed by atoms with E-state index in [2.05, 4.69) is 16.7 Å². The van der Waals surface area contributed by atoms with Crippen LogP contribution in [0.2, 0.25) is 0 Å². The predicted molar refractivity (Wildman–Crippen MR) is 170 cm³/mol. The first-order chi connectivity index (χ1) is 21.3. The largest absolute Gasteiger partial charge is 0.508 e. The summed E-state index contributed by atoms with van der Waals surface area (Å²) in [4.78, 5) is 30.7. The second-order valence-corrected chi connectivity index (χ2v) is 14.0. The van der Waals surface area contributed by atoms with Gasteiger partial charge in [-0.3, -0.25) is 4.79 Å². The molecule has 0 bridgehead atoms. The number of phenols is 1. The quantitative estimate of drug-likeness (QED) is 0.377. The molecule has 3 fully saturated rings. The summed E-state index contributed by atoms with van der Waals surface area (Å²) in [7, 11) is 0. The average Bonchev–Trinajstić information content (AvgIpc) is 3.64. The Hall–Kier alpha value is -3.43. The summed E-state index contributed by atoms with van der Waals surface area (Å²) in [5.41, 5.74) is 3.50. The third-order valence-electron chi connectivity index (χ3n) is 10.3. The molecule has 0 spiro atoms. The number of rotatable bonds is 8. The lowest BCUT2D eigenvalue weighted by Gasteiger charge is -2.34. The van der Waals surface area contributed by atoms with Gasteiger partial charge in [0.2, 0.25) is 0 Å². The Balaban J connectivity index is 1.14. The van der Waals surface area contributed by atoms with Crippen LogP contribution in [0, 0.1) is 24.2 Å². The van der Waals surface area contributed by atoms with Gasteiger partial charge in [-0.05, 0) is 92.3 Å². The number of ether oxygens (including phenoxy) is 1. The van der Waals surface area contributed by atoms with E-state index in [0.717, 1.165) is 98.2 Å². The SMILES string of the molecule is Cc1cccc2cc(O)cc(C(=O)N3Cc4nc(OCC5(CN6CCC[C@H](CO)C6)CC5)nc(N5CCCC(C)C5)c4C3)c12. The molecule has 3 aliphatic heterocycles. The summed E-state index contributed by atoms with van der Waals surface area (Å²) in [6.45, 7) is 10.9. The number of hydrogen-bond acceptors (Lipinski definition) is 8. The highest BCUT2D eigenvalue weighted by molar-refractivity contribution is 6.09. The van der Waals surface area contributed by atoms with Crippen LogP contribution in [0.25, 0.3) is 10.8 Å². The van der Waals surface area contributed by atoms with Crippen LogP contribution in [0.15, 0.2) is 30.3 Å². The molecule has 1 saturated carbocycles. The molecule has 3 aromatic rings. The number of nitrogens with zero attached hydrogens (tertiary/aromatic N) is 5. The van der Waals surface area contributed by atoms with Gasteiger partial charge in [0.1, 0.15) is 11.6 Å². The normalized spacial score (nSPS) is 23.2. The average molecular weight is 600 g/mol. The van der Waals surface area contributed by atoms with Crippen LogP contribution in [-0.2, 0) is 13.1 Å². The van der Waals surface area contributed by atoms with Crippen LogP contribution in [0.1, 0.15) is 72.6 Å². The monoisotopic (exact) mass is 599 g/mol. The number of hydrogen-bond donors (Lipinski definition) is 2. The van der Waals surface area contributed by atoms with Gasteiger partial charge in [0.15, 0.2) is 0 Å². The van der Waals surface area contributed by atoms with Crippen molar-refractivity contribution in [2.45, 2.75) is 65.5 Å². The second-order valence-electron chi connectivity index (χ2n) is 14.0. The maximum atomic E-state index is 14.1. The molecule has 2 N–H and O–H groups in total. The molecule has 2 aromatic carbocycles. The van der Waals surface area contributed by atoms with Gasteiger partial charge >= 0.3 is 6.01 Å². The van der Waals surface area contributed by atoms with Crippen molar-refractivity contribution in [3.63, 3.8) is 0 Å². The standard InChI is InChI=1S/C35H45N5O4/c1-23-6-4-13-39(16-23)32-29-18-40(33(43)28-15-27(42)14-26-9-3-7-24(2)31(26)28)19-30(29)36-34(37-32)44-22-35(10-11-35)21-38-12-5-8-25(17-38)20-41/h3,7,9,14-15,23,25,41-42H,4-6,8,10-13,16-22H2,1-2H3/t23?,25-/m0/s1. The lowest BCUT2D eigenvalue weighted by molar-refractivity contribution is 0.0751. The zero-order valence-electron chi connectivity index (χ0n) is 26.1. The zero-order chi connectivity index (χ0) is 30.4. The van der Waals surface area contributed by atoms with Crippen LogP contribution in [0.3, 0.4) is 0 Å². The summed E-state index contributed by atoms with van der Waals surface area (Å²) >= 11 is 0. The number of aryl methyl sites for hydroxylation is 1. The summed E-state index contributed by atoms with van der Waals surface area (Å²) in [5, 5.41) is 21.9. The molecule has 1 amide bonds. The zero-order valence-corrected chi connectivity index (χ0v) is 26.1. The van der Waals surface area contributed by atoms with Gasteiger partial charge in [-0.15, -0.1) is 0 Å². The predicted octanol–water partition coefficient (Wildman–Crippen LogP) is 4.90. The van der Waals surface area contributed by atoms with Gasteiger partial charge in [-0.2, -0.15) is 9.97 Å². The number of benzene rings is 2. The van der Waals surface area contributed by atoms with Gasteiger partial charge in [0.05, 0.1) is 31.0 Å². The number of amides is 1. The molecule has 1 aromatic heterocycles. The van der Waals surface area contributed by atoms with Crippen molar-refractivity contribution in [1.82, 2.24) is 19.8 Å². The number of phenolic OH excluding ortho intramolecular Hbond substituents is 1. The summed E-state index contributed by atoms with van der Waals surface area (Å²) < 4.78 is 6.42. The number of anilines is 1. The van der Waals surface area contributed by atoms with Gasteiger partial charge in [0, 0.05) is 43.8 Å². The Bertz CT molecular complexity index is 1560. The van der Waals surface area contributed by atoms with E-state index in [1.165, 1.54) is 6.42 Å². The van der Waals surface area contributed by atoms with Crippen LogP contribution < -0.4 is 9.64 Å². The van der Waals surface area contributed by atoms with Crippen LogP contribution in [0.4, 0.5) is 5.82 Å². The number of piperidine rings is 2. The number of aromatic hydroxyl groups is 1. The number of aliphatic hydroxyl groups is 1. The third kappa shape index (κ3) is 5.84. The summed E-state index contributed by atoms with van der Waals surface area (Å²) in [5.74, 6) is 1.82. The third-order valence-corrected chi connectivity index (χ3v) is 10.3. The molecule has 7 rings (SSSR count). The van der Waals surface area contributed by atoms with Gasteiger partial charge in [-0.1, -0.05) is 25.1 Å². The fraction of sp³-hybridized carbons (Fsp3) is 0.571. The summed E-state index contributed by atoms with van der Waals surface area (Å²) in [6.07, 6.45) is 6.83. The molecular weight excluding hydrogens is 554 g/mol. The molecule has 1 unspecified atom stereocenters. The molecule has 44 heavy (non-hydrogen) atoms. The fourth-order valence-electron chi connectivity index (χ4n) is 7.67. The molecule has 1 aliphatic carbocycles. The molecule has 9 heteroatoms. The van der Waals surface area contributed by atoms with E-state index in [9.17, 15) is 15.0 Å². The fourth-order valence-corrected chi connectivity index (χ4v) is 7.67. The molecule has 2 atom stereocenters. The van der Waals surface area contributed by atoms with E-state index in [-0.39, 0.29) is 23.7 Å². The molecular formula is C35H45N5O4. The number of fused-ring (bicyclic) bond motifs is 2. The minimum atomic E-state index is -0.113. The second kappa shape index (κ2) is 11.8. The highest BCUT2D eigenvalue weighted by Crippen LogP contribution is 2.47. The van der Waals surface area contributed by atoms with Crippen molar-refractivity contribution < 1.29 is 19.7 Å². The van der Waals surface area contributed by atoms with Crippen molar-refractivity contribution in [1.29, 1.82) is 0 Å². The van der Waals surface area contributed by atoms with Crippen LogP contribution >= 0.6 is 0 Å². The number of carbonyl (C=O) groups is 1. The molecule has 2 saturated heterocycles. The Labute approximate surface area is 259 Å². The maximum absolute atomic E-state index is 14.1. The van der Waals surface area contributed by atoms with E-state index in [1.54, 1.807) is 12.1 Å². The van der Waals surface area contributed by atoms with E-state index >= 15 is 0 Å². The van der Waals surface area contributed by atoms with Crippen LogP contribution in [-0.4, -0.2) is 81.8 Å². The van der Waals surface area contributed by atoms with Gasteiger partial charge < -0.3 is 29.6 Å². The van der Waals surface area contributed by atoms with Crippen molar-refractivity contribution in [3.05, 3.63) is 52.7 Å². The van der Waals surface area contributed by atoms with Crippen LogP contribution in [0.5, 0.6) is 11.8 Å². The summed E-state index contributed by atoms with van der Waals surface area (Å²) in [6, 6.07) is 9.60. The molecule has 0 radical (unpaired) electrons. The number of aliphatic hydroxyl groups excluding tert-OH is 1. The van der Waals surface area contributed by atoms with Crippen molar-refractivity contribution >= 4 is 22.5 Å². The highest BCUT2D eigenvalue weighted by Gasteiger charge is 2.45. The first-order valence-electron chi connectivity index (χ1n) is 16.4. The number of likely N-dealkylation sites (tertiary alicyclic amines) is 1. The van der Waals surface area contributed by atoms with Crippen molar-refractivity contribution in [3.8, 4) is 11.8 Å². The Kier molecular flexibility index (Phi) is 7.87. The lowest BCUT2D eigenvalue weighted by Crippen LogP contribution is -2.41. The Morgan fingerprint density at radius 3 is 2.73 bits per heavy atom. The highest BCUT2D eigenvalue weighted by atomic mass is 16.5. The van der Waals surface area contributed by atoms with E-state index in [4.69, 9.17) is 14.7 Å². The Morgan fingerprint density at radius 2 is 1.93 bits per heavy atom. The van der Waals surface area contributed by atoms with Crippen molar-refractivity contribution in [2.24, 2.45) is 17.3 Å². The lowest BCUT2D eigenvalue weighted by atomic mass is 9.97. The topological polar surface area (TPSA) is 102 Å². The molecule has 9 nitrogen and oxygen atoms in total. The number of carbonyl (C=O) groups excluding carboxylic acids is 1. The van der Waals surface area contributed by atoms with Gasteiger partial charge in [-0.25, -0.2) is 0 Å². The van der Waals surface area contributed by atoms with Gasteiger partial charge in [0.25, 0.3) is 5.91 Å². The molecule has 4 heterocycles. The minimum absolute atomic E-state index is 0.0899. The Morgan fingerprint density at radius 1 is 1.09 bits per heavy atom. The molecule has 234 valence electrons. The van der Waals surface area contributed by atoms with E-state index in [0.29, 0.717) is 43.1 Å². The smallest absolute Gasteiger partial charge is 0.318 e. The minimum Gasteiger partial charge on any atom is -0.508 e. The first-order valence-corrected chi connectivity index (χ1v) is 16.4. The number of aromatic nitrogens is 2. The molecule has 4 aliphatic rings. The van der Waals surface area contributed by atoms with Crippen molar-refractivity contribution in [2.75, 3.05) is 50.8 Å². The van der Waals surface area contributed by atoms with E-state index < -0.39 is 0 Å². The first kappa shape index (κ1) is 29.3. The maximum Gasteiger partial charge on any atom is 0.318 e.